The topological polar surface area (TPSA) is 63.5 Å². The molecule has 0 N–H and O–H groups in total. The summed E-state index contributed by atoms with van der Waals surface area (Å²) >= 11 is 0. The first-order valence-corrected chi connectivity index (χ1v) is 6.04. The summed E-state index contributed by atoms with van der Waals surface area (Å²) in [5, 5.41) is 10.5. The van der Waals surface area contributed by atoms with Crippen molar-refractivity contribution in [3.63, 3.8) is 0 Å². The van der Waals surface area contributed by atoms with Crippen LogP contribution in [0.25, 0.3) is 0 Å². The third-order valence-electron chi connectivity index (χ3n) is 2.84. The molecule has 0 aliphatic rings. The summed E-state index contributed by atoms with van der Waals surface area (Å²) in [4.78, 5) is 23.9. The molecule has 1 rings (SSSR count). The van der Waals surface area contributed by atoms with E-state index < -0.39 is 4.92 Å². The Morgan fingerprint density at radius 3 is 2.22 bits per heavy atom. The van der Waals surface area contributed by atoms with E-state index in [0.717, 1.165) is 18.7 Å². The van der Waals surface area contributed by atoms with Gasteiger partial charge in [0.05, 0.1) is 11.5 Å². The van der Waals surface area contributed by atoms with Crippen molar-refractivity contribution in [2.24, 2.45) is 0 Å². The maximum atomic E-state index is 11.8. The highest BCUT2D eigenvalue weighted by atomic mass is 16.6. The van der Waals surface area contributed by atoms with E-state index in [-0.39, 0.29) is 11.5 Å². The van der Waals surface area contributed by atoms with Crippen LogP contribution in [0, 0.1) is 10.1 Å². The van der Waals surface area contributed by atoms with Gasteiger partial charge in [0.15, 0.2) is 5.78 Å². The van der Waals surface area contributed by atoms with E-state index in [1.54, 1.807) is 12.1 Å². The number of nitrogens with zero attached hydrogens (tertiary/aromatic N) is 2. The lowest BCUT2D eigenvalue weighted by molar-refractivity contribution is -0.384. The van der Waals surface area contributed by atoms with Gasteiger partial charge >= 0.3 is 0 Å². The van der Waals surface area contributed by atoms with Gasteiger partial charge in [0.1, 0.15) is 0 Å². The minimum Gasteiger partial charge on any atom is -0.298 e. The number of carbonyl (C=O) groups is 1. The van der Waals surface area contributed by atoms with Gasteiger partial charge in [-0.2, -0.15) is 0 Å². The predicted molar refractivity (Wildman–Crippen MR) is 69.6 cm³/mol. The molecule has 1 aromatic carbocycles. The Labute approximate surface area is 107 Å². The molecule has 0 spiro atoms. The Balaban J connectivity index is 2.56. The smallest absolute Gasteiger partial charge is 0.269 e. The Hall–Kier alpha value is -1.75. The molecule has 0 unspecified atom stereocenters. The average molecular weight is 250 g/mol. The van der Waals surface area contributed by atoms with Gasteiger partial charge in [0, 0.05) is 18.6 Å². The number of benzene rings is 1. The van der Waals surface area contributed by atoms with E-state index in [0.29, 0.717) is 13.0 Å². The van der Waals surface area contributed by atoms with Crippen LogP contribution >= 0.6 is 0 Å². The first-order chi connectivity index (χ1) is 8.56. The van der Waals surface area contributed by atoms with Crippen molar-refractivity contribution in [3.05, 3.63) is 39.9 Å². The molecule has 0 saturated heterocycles. The summed E-state index contributed by atoms with van der Waals surface area (Å²) in [6.07, 6.45) is 0.328. The highest BCUT2D eigenvalue weighted by molar-refractivity contribution is 5.82. The van der Waals surface area contributed by atoms with E-state index in [9.17, 15) is 14.9 Å². The van der Waals surface area contributed by atoms with Gasteiger partial charge in [-0.3, -0.25) is 19.8 Å². The van der Waals surface area contributed by atoms with Crippen molar-refractivity contribution < 1.29 is 9.72 Å². The van der Waals surface area contributed by atoms with Gasteiger partial charge < -0.3 is 0 Å². The zero-order chi connectivity index (χ0) is 13.5. The average Bonchev–Trinajstić information content (AvgIpc) is 2.36. The Bertz CT molecular complexity index is 411. The second-order valence-corrected chi connectivity index (χ2v) is 4.10. The van der Waals surface area contributed by atoms with Crippen LogP contribution in [-0.2, 0) is 11.2 Å². The van der Waals surface area contributed by atoms with Crippen molar-refractivity contribution >= 4 is 11.5 Å². The minimum atomic E-state index is -0.443. The van der Waals surface area contributed by atoms with E-state index in [1.165, 1.54) is 12.1 Å². The van der Waals surface area contributed by atoms with E-state index in [1.807, 2.05) is 18.7 Å². The molecule has 0 atom stereocenters. The van der Waals surface area contributed by atoms with Crippen LogP contribution in [-0.4, -0.2) is 35.2 Å². The largest absolute Gasteiger partial charge is 0.298 e. The molecule has 0 heterocycles. The van der Waals surface area contributed by atoms with Crippen molar-refractivity contribution in [1.82, 2.24) is 4.90 Å². The second kappa shape index (κ2) is 6.86. The van der Waals surface area contributed by atoms with Gasteiger partial charge in [-0.15, -0.1) is 0 Å². The summed E-state index contributed by atoms with van der Waals surface area (Å²) in [7, 11) is 0. The van der Waals surface area contributed by atoms with Crippen LogP contribution < -0.4 is 0 Å². The fourth-order valence-corrected chi connectivity index (χ4v) is 1.72. The van der Waals surface area contributed by atoms with Crippen LogP contribution in [0.5, 0.6) is 0 Å². The number of Topliss-reactive ketones (excluding diaryl/α,β-unsaturated/α-hetero) is 1. The van der Waals surface area contributed by atoms with Crippen LogP contribution in [0.2, 0.25) is 0 Å². The number of rotatable bonds is 7. The lowest BCUT2D eigenvalue weighted by Gasteiger charge is -2.16. The van der Waals surface area contributed by atoms with Gasteiger partial charge in [-0.05, 0) is 18.7 Å². The number of hydrogen-bond acceptors (Lipinski definition) is 4. The quantitative estimate of drug-likeness (QED) is 0.549. The number of nitro groups is 1. The normalized spacial score (nSPS) is 10.6. The molecular weight excluding hydrogens is 232 g/mol. The third-order valence-corrected chi connectivity index (χ3v) is 2.84. The molecular formula is C13H18N2O3. The number of likely N-dealkylation sites (N-methyl/N-ethyl adjacent to an activating group) is 1. The fraction of sp³-hybridized carbons (Fsp3) is 0.462. The molecule has 18 heavy (non-hydrogen) atoms. The third kappa shape index (κ3) is 4.25. The predicted octanol–water partition coefficient (Wildman–Crippen LogP) is 2.05. The van der Waals surface area contributed by atoms with Crippen molar-refractivity contribution in [3.8, 4) is 0 Å². The van der Waals surface area contributed by atoms with Gasteiger partial charge in [-0.25, -0.2) is 0 Å². The Morgan fingerprint density at radius 2 is 1.78 bits per heavy atom. The van der Waals surface area contributed by atoms with Crippen LogP contribution in [0.1, 0.15) is 19.4 Å². The maximum absolute atomic E-state index is 11.8. The molecule has 0 aromatic heterocycles. The molecule has 1 aromatic rings. The van der Waals surface area contributed by atoms with Crippen LogP contribution in [0.15, 0.2) is 24.3 Å². The summed E-state index contributed by atoms with van der Waals surface area (Å²) < 4.78 is 0. The fourth-order valence-electron chi connectivity index (χ4n) is 1.72. The molecule has 0 aliphatic heterocycles. The first kappa shape index (κ1) is 14.3. The standard InChI is InChI=1S/C13H18N2O3/c1-3-14(4-2)10-13(16)9-11-5-7-12(8-6-11)15(17)18/h5-8H,3-4,9-10H2,1-2H3. The molecule has 0 radical (unpaired) electrons. The summed E-state index contributed by atoms with van der Waals surface area (Å²) in [5.41, 5.74) is 0.868. The van der Waals surface area contributed by atoms with Gasteiger partial charge in [-0.1, -0.05) is 26.0 Å². The highest BCUT2D eigenvalue weighted by Crippen LogP contribution is 2.12. The Kier molecular flexibility index (Phi) is 5.45. The van der Waals surface area contributed by atoms with Crippen molar-refractivity contribution in [2.45, 2.75) is 20.3 Å². The molecule has 98 valence electrons. The van der Waals surface area contributed by atoms with Crippen LogP contribution in [0.4, 0.5) is 5.69 Å². The van der Waals surface area contributed by atoms with Crippen LogP contribution in [0.3, 0.4) is 0 Å². The van der Waals surface area contributed by atoms with Gasteiger partial charge in [0.25, 0.3) is 5.69 Å². The molecule has 0 bridgehead atoms. The number of carbonyl (C=O) groups excluding carboxylic acids is 1. The number of ketones is 1. The van der Waals surface area contributed by atoms with E-state index >= 15 is 0 Å². The van der Waals surface area contributed by atoms with E-state index in [2.05, 4.69) is 0 Å². The maximum Gasteiger partial charge on any atom is 0.269 e. The summed E-state index contributed by atoms with van der Waals surface area (Å²) in [5.74, 6) is 0.132. The lowest BCUT2D eigenvalue weighted by Crippen LogP contribution is -2.30. The SMILES string of the molecule is CCN(CC)CC(=O)Cc1ccc([N+](=O)[O-])cc1. The number of hydrogen-bond donors (Lipinski definition) is 0. The first-order valence-electron chi connectivity index (χ1n) is 6.04. The highest BCUT2D eigenvalue weighted by Gasteiger charge is 2.10. The number of nitro benzene ring substituents is 1. The van der Waals surface area contributed by atoms with E-state index in [4.69, 9.17) is 0 Å². The molecule has 5 heteroatoms. The summed E-state index contributed by atoms with van der Waals surface area (Å²) in [6, 6.07) is 6.14. The molecule has 0 fully saturated rings. The van der Waals surface area contributed by atoms with Gasteiger partial charge in [0.2, 0.25) is 0 Å². The second-order valence-electron chi connectivity index (χ2n) is 4.10. The summed E-state index contributed by atoms with van der Waals surface area (Å²) in [6.45, 7) is 6.17. The zero-order valence-electron chi connectivity index (χ0n) is 10.8. The van der Waals surface area contributed by atoms with Crippen molar-refractivity contribution in [2.75, 3.05) is 19.6 Å². The molecule has 5 nitrogen and oxygen atoms in total. The molecule has 0 aliphatic carbocycles. The Morgan fingerprint density at radius 1 is 1.22 bits per heavy atom. The lowest BCUT2D eigenvalue weighted by atomic mass is 10.1. The monoisotopic (exact) mass is 250 g/mol. The molecule has 0 amide bonds. The molecule has 0 saturated carbocycles. The number of non-ortho nitro benzene ring substituents is 1. The minimum absolute atomic E-state index is 0.0509. The zero-order valence-corrected chi connectivity index (χ0v) is 10.8. The van der Waals surface area contributed by atoms with Crippen molar-refractivity contribution in [1.29, 1.82) is 0 Å².